The molecule has 216 valence electrons. The van der Waals surface area contributed by atoms with Crippen molar-refractivity contribution >= 4 is 11.9 Å². The van der Waals surface area contributed by atoms with Gasteiger partial charge in [0.15, 0.2) is 0 Å². The molecule has 1 aromatic carbocycles. The molecule has 0 spiro atoms. The number of carboxylic acids is 1. The zero-order valence-corrected chi connectivity index (χ0v) is 25.5. The topological polar surface area (TPSA) is 72.8 Å². The monoisotopic (exact) mass is 530 g/mol. The van der Waals surface area contributed by atoms with Crippen molar-refractivity contribution in [1.29, 1.82) is 0 Å². The fourth-order valence-electron chi connectivity index (χ4n) is 5.79. The Kier molecular flexibility index (Phi) is 12.6. The van der Waals surface area contributed by atoms with E-state index < -0.39 is 11.9 Å². The van der Waals surface area contributed by atoms with E-state index in [9.17, 15) is 9.59 Å². The van der Waals surface area contributed by atoms with Gasteiger partial charge in [0.05, 0.1) is 12.8 Å². The molecule has 1 aliphatic heterocycles. The predicted octanol–water partition coefficient (Wildman–Crippen LogP) is 8.90. The zero-order chi connectivity index (χ0) is 28.5. The second-order valence-corrected chi connectivity index (χ2v) is 12.8. The molecule has 5 heteroatoms. The SMILES string of the molecule is Cc1c(C)c2c(c(C)c1OC(=O)CCC(=O)O)CCC(C)(CCC[C@H](C)CCC[C@H](C)CCCC(C)C)O2. The summed E-state index contributed by atoms with van der Waals surface area (Å²) in [7, 11) is 0. The Morgan fingerprint density at radius 1 is 0.868 bits per heavy atom. The van der Waals surface area contributed by atoms with E-state index in [2.05, 4.69) is 34.6 Å². The summed E-state index contributed by atoms with van der Waals surface area (Å²) in [6.45, 7) is 17.6. The Morgan fingerprint density at radius 3 is 2.03 bits per heavy atom. The minimum atomic E-state index is -0.999. The van der Waals surface area contributed by atoms with Crippen LogP contribution in [-0.4, -0.2) is 22.6 Å². The molecule has 1 aliphatic rings. The summed E-state index contributed by atoms with van der Waals surface area (Å²) in [5, 5.41) is 8.85. The average Bonchev–Trinajstić information content (AvgIpc) is 2.83. The first-order chi connectivity index (χ1) is 17.8. The van der Waals surface area contributed by atoms with Gasteiger partial charge in [0.2, 0.25) is 0 Å². The van der Waals surface area contributed by atoms with Crippen LogP contribution in [0, 0.1) is 38.5 Å². The lowest BCUT2D eigenvalue weighted by Gasteiger charge is -2.38. The van der Waals surface area contributed by atoms with Crippen LogP contribution in [0.2, 0.25) is 0 Å². The summed E-state index contributed by atoms with van der Waals surface area (Å²) >= 11 is 0. The highest BCUT2D eigenvalue weighted by Crippen LogP contribution is 2.45. The first-order valence-electron chi connectivity index (χ1n) is 15.1. The minimum Gasteiger partial charge on any atom is -0.487 e. The van der Waals surface area contributed by atoms with Crippen molar-refractivity contribution in [1.82, 2.24) is 0 Å². The van der Waals surface area contributed by atoms with Crippen molar-refractivity contribution in [3.8, 4) is 11.5 Å². The van der Waals surface area contributed by atoms with Crippen LogP contribution in [0.25, 0.3) is 0 Å². The number of carboxylic acid groups (broad SMARTS) is 1. The van der Waals surface area contributed by atoms with Gasteiger partial charge in [0.1, 0.15) is 17.1 Å². The Bertz CT molecular complexity index is 934. The molecule has 0 saturated heterocycles. The standard InChI is InChI=1S/C33H54O5/c1-22(2)12-9-13-23(3)14-10-15-24(4)16-11-20-33(8)21-19-28-27(7)31(25(5)26(6)32(28)38-33)37-30(36)18-17-29(34)35/h22-24H,9-21H2,1-8H3,(H,34,35)/t23-,24-,33?/m1/s1. The summed E-state index contributed by atoms with van der Waals surface area (Å²) in [5.74, 6) is 2.42. The summed E-state index contributed by atoms with van der Waals surface area (Å²) in [5.41, 5.74) is 3.76. The fourth-order valence-corrected chi connectivity index (χ4v) is 5.79. The molecule has 0 aliphatic carbocycles. The first-order valence-corrected chi connectivity index (χ1v) is 15.1. The van der Waals surface area contributed by atoms with E-state index in [1.54, 1.807) is 0 Å². The first kappa shape index (κ1) is 32.2. The second-order valence-electron chi connectivity index (χ2n) is 12.8. The van der Waals surface area contributed by atoms with E-state index in [0.29, 0.717) is 5.75 Å². The Labute approximate surface area is 232 Å². The van der Waals surface area contributed by atoms with Crippen LogP contribution < -0.4 is 9.47 Å². The van der Waals surface area contributed by atoms with E-state index in [-0.39, 0.29) is 18.4 Å². The third-order valence-corrected chi connectivity index (χ3v) is 8.60. The Hall–Kier alpha value is -2.04. The van der Waals surface area contributed by atoms with Gasteiger partial charge in [-0.15, -0.1) is 0 Å². The van der Waals surface area contributed by atoms with Crippen molar-refractivity contribution in [3.63, 3.8) is 0 Å². The highest BCUT2D eigenvalue weighted by atomic mass is 16.5. The van der Waals surface area contributed by atoms with Gasteiger partial charge >= 0.3 is 11.9 Å². The number of hydrogen-bond acceptors (Lipinski definition) is 4. The molecular formula is C33H54O5. The Morgan fingerprint density at radius 2 is 1.45 bits per heavy atom. The minimum absolute atomic E-state index is 0.130. The normalized spacial score (nSPS) is 18.6. The van der Waals surface area contributed by atoms with E-state index in [1.807, 2.05) is 20.8 Å². The molecule has 2 rings (SSSR count). The molecule has 1 aromatic rings. The number of esters is 1. The number of carbonyl (C=O) groups is 2. The van der Waals surface area contributed by atoms with Crippen LogP contribution in [-0.2, 0) is 16.0 Å². The van der Waals surface area contributed by atoms with Gasteiger partial charge in [-0.2, -0.15) is 0 Å². The largest absolute Gasteiger partial charge is 0.487 e. The number of carbonyl (C=O) groups excluding carboxylic acids is 1. The van der Waals surface area contributed by atoms with Gasteiger partial charge in [0, 0.05) is 5.56 Å². The quantitative estimate of drug-likeness (QED) is 0.171. The van der Waals surface area contributed by atoms with Crippen LogP contribution in [0.1, 0.15) is 134 Å². The second kappa shape index (κ2) is 14.9. The number of benzene rings is 1. The maximum absolute atomic E-state index is 12.2. The fraction of sp³-hybridized carbons (Fsp3) is 0.758. The van der Waals surface area contributed by atoms with Crippen molar-refractivity contribution in [3.05, 3.63) is 22.3 Å². The lowest BCUT2D eigenvalue weighted by atomic mass is 9.83. The third kappa shape index (κ3) is 9.93. The third-order valence-electron chi connectivity index (χ3n) is 8.60. The number of hydrogen-bond donors (Lipinski definition) is 1. The molecule has 0 aromatic heterocycles. The van der Waals surface area contributed by atoms with Gasteiger partial charge in [-0.3, -0.25) is 9.59 Å². The van der Waals surface area contributed by atoms with Gasteiger partial charge in [-0.1, -0.05) is 72.6 Å². The van der Waals surface area contributed by atoms with Crippen molar-refractivity contribution < 1.29 is 24.2 Å². The summed E-state index contributed by atoms with van der Waals surface area (Å²) in [6.07, 6.45) is 13.1. The molecule has 0 amide bonds. The van der Waals surface area contributed by atoms with E-state index in [0.717, 1.165) is 65.0 Å². The summed E-state index contributed by atoms with van der Waals surface area (Å²) in [6, 6.07) is 0. The molecule has 5 nitrogen and oxygen atoms in total. The van der Waals surface area contributed by atoms with E-state index in [4.69, 9.17) is 14.6 Å². The number of rotatable bonds is 16. The summed E-state index contributed by atoms with van der Waals surface area (Å²) in [4.78, 5) is 23.0. The Balaban J connectivity index is 1.87. The van der Waals surface area contributed by atoms with Gasteiger partial charge in [-0.25, -0.2) is 0 Å². The van der Waals surface area contributed by atoms with E-state index in [1.165, 1.54) is 51.4 Å². The number of fused-ring (bicyclic) bond motifs is 1. The predicted molar refractivity (Wildman–Crippen MR) is 155 cm³/mol. The maximum atomic E-state index is 12.2. The highest BCUT2D eigenvalue weighted by Gasteiger charge is 2.34. The zero-order valence-electron chi connectivity index (χ0n) is 25.5. The molecule has 1 N–H and O–H groups in total. The van der Waals surface area contributed by atoms with Crippen LogP contribution >= 0.6 is 0 Å². The molecule has 0 fully saturated rings. The molecule has 38 heavy (non-hydrogen) atoms. The molecular weight excluding hydrogens is 476 g/mol. The molecule has 3 atom stereocenters. The molecule has 0 bridgehead atoms. The van der Waals surface area contributed by atoms with Gasteiger partial charge in [-0.05, 0) is 87.8 Å². The van der Waals surface area contributed by atoms with E-state index >= 15 is 0 Å². The van der Waals surface area contributed by atoms with Gasteiger partial charge < -0.3 is 14.6 Å². The smallest absolute Gasteiger partial charge is 0.311 e. The molecule has 0 radical (unpaired) electrons. The molecule has 1 unspecified atom stereocenters. The van der Waals surface area contributed by atoms with Crippen LogP contribution in [0.4, 0.5) is 0 Å². The highest BCUT2D eigenvalue weighted by molar-refractivity contribution is 5.79. The lowest BCUT2D eigenvalue weighted by Crippen LogP contribution is -2.37. The van der Waals surface area contributed by atoms with Crippen molar-refractivity contribution in [2.75, 3.05) is 0 Å². The van der Waals surface area contributed by atoms with Crippen molar-refractivity contribution in [2.45, 2.75) is 144 Å². The van der Waals surface area contributed by atoms with Crippen LogP contribution in [0.5, 0.6) is 11.5 Å². The average molecular weight is 531 g/mol. The van der Waals surface area contributed by atoms with Crippen molar-refractivity contribution in [2.24, 2.45) is 17.8 Å². The maximum Gasteiger partial charge on any atom is 0.311 e. The van der Waals surface area contributed by atoms with Crippen LogP contribution in [0.3, 0.4) is 0 Å². The lowest BCUT2D eigenvalue weighted by molar-refractivity contribution is -0.142. The number of ether oxygens (including phenoxy) is 2. The van der Waals surface area contributed by atoms with Gasteiger partial charge in [0.25, 0.3) is 0 Å². The molecule has 1 heterocycles. The summed E-state index contributed by atoms with van der Waals surface area (Å²) < 4.78 is 12.3. The molecule has 0 saturated carbocycles. The number of aliphatic carboxylic acids is 1. The van der Waals surface area contributed by atoms with Crippen LogP contribution in [0.15, 0.2) is 0 Å².